The van der Waals surface area contributed by atoms with Crippen LogP contribution in [-0.4, -0.2) is 5.60 Å². The van der Waals surface area contributed by atoms with Gasteiger partial charge in [-0.25, -0.2) is 0 Å². The average molecular weight is 232 g/mol. The van der Waals surface area contributed by atoms with Crippen LogP contribution in [0.5, 0.6) is 5.75 Å². The molecular formula is C16H24O. The van der Waals surface area contributed by atoms with Crippen LogP contribution in [0.2, 0.25) is 0 Å². The Morgan fingerprint density at radius 3 is 2.35 bits per heavy atom. The fraction of sp³-hybridized carbons (Fsp3) is 0.500. The lowest BCUT2D eigenvalue weighted by molar-refractivity contribution is 0.101. The Bertz CT molecular complexity index is 346. The van der Waals surface area contributed by atoms with Gasteiger partial charge in [-0.1, -0.05) is 31.2 Å². The SMILES string of the molecule is C/C=C/CCC(C)(C)Oc1ccc(CC)cc1. The average Bonchev–Trinajstić information content (AvgIpc) is 2.30. The summed E-state index contributed by atoms with van der Waals surface area (Å²) in [6.45, 7) is 8.50. The molecule has 17 heavy (non-hydrogen) atoms. The van der Waals surface area contributed by atoms with Crippen molar-refractivity contribution in [2.45, 2.75) is 52.6 Å². The molecule has 0 fully saturated rings. The zero-order valence-corrected chi connectivity index (χ0v) is 11.5. The second-order valence-corrected chi connectivity index (χ2v) is 4.97. The van der Waals surface area contributed by atoms with Crippen molar-refractivity contribution in [3.8, 4) is 5.75 Å². The van der Waals surface area contributed by atoms with Gasteiger partial charge in [-0.3, -0.25) is 0 Å². The lowest BCUT2D eigenvalue weighted by Crippen LogP contribution is -2.27. The lowest BCUT2D eigenvalue weighted by atomic mass is 10.0. The number of ether oxygens (including phenoxy) is 1. The van der Waals surface area contributed by atoms with Crippen molar-refractivity contribution in [1.82, 2.24) is 0 Å². The highest BCUT2D eigenvalue weighted by Crippen LogP contribution is 2.22. The Kier molecular flexibility index (Phi) is 5.27. The Balaban J connectivity index is 2.55. The molecule has 1 rings (SSSR count). The van der Waals surface area contributed by atoms with Gasteiger partial charge in [-0.15, -0.1) is 0 Å². The largest absolute Gasteiger partial charge is 0.488 e. The highest BCUT2D eigenvalue weighted by Gasteiger charge is 2.18. The van der Waals surface area contributed by atoms with Crippen LogP contribution in [-0.2, 0) is 6.42 Å². The molecule has 94 valence electrons. The van der Waals surface area contributed by atoms with E-state index in [4.69, 9.17) is 4.74 Å². The lowest BCUT2D eigenvalue weighted by Gasteiger charge is -2.26. The minimum Gasteiger partial charge on any atom is -0.488 e. The van der Waals surface area contributed by atoms with Gasteiger partial charge in [0.25, 0.3) is 0 Å². The molecule has 1 aromatic rings. The van der Waals surface area contributed by atoms with Crippen LogP contribution in [0.4, 0.5) is 0 Å². The van der Waals surface area contributed by atoms with Crippen molar-refractivity contribution in [2.24, 2.45) is 0 Å². The van der Waals surface area contributed by atoms with E-state index in [0.29, 0.717) is 0 Å². The van der Waals surface area contributed by atoms with E-state index < -0.39 is 0 Å². The quantitative estimate of drug-likeness (QED) is 0.642. The van der Waals surface area contributed by atoms with Crippen molar-refractivity contribution in [2.75, 3.05) is 0 Å². The molecule has 0 saturated heterocycles. The van der Waals surface area contributed by atoms with E-state index in [9.17, 15) is 0 Å². The first-order chi connectivity index (χ1) is 8.07. The molecule has 0 aliphatic rings. The van der Waals surface area contributed by atoms with Crippen LogP contribution >= 0.6 is 0 Å². The van der Waals surface area contributed by atoms with Crippen molar-refractivity contribution in [3.05, 3.63) is 42.0 Å². The first-order valence-corrected chi connectivity index (χ1v) is 6.46. The minimum absolute atomic E-state index is 0.104. The standard InChI is InChI=1S/C16H24O/c1-5-7-8-13-16(3,4)17-15-11-9-14(6-2)10-12-15/h5,7,9-12H,6,8,13H2,1-4H3/b7-5+. The molecule has 1 nitrogen and oxygen atoms in total. The Labute approximate surface area is 106 Å². The van der Waals surface area contributed by atoms with Crippen LogP contribution < -0.4 is 4.74 Å². The summed E-state index contributed by atoms with van der Waals surface area (Å²) in [5.74, 6) is 0.965. The van der Waals surface area contributed by atoms with Crippen LogP contribution in [0.25, 0.3) is 0 Å². The molecule has 0 heterocycles. The van der Waals surface area contributed by atoms with Gasteiger partial charge in [0.15, 0.2) is 0 Å². The summed E-state index contributed by atoms with van der Waals surface area (Å²) in [6, 6.07) is 8.40. The molecule has 1 heteroatoms. The Hall–Kier alpha value is -1.24. The number of hydrogen-bond acceptors (Lipinski definition) is 1. The first-order valence-electron chi connectivity index (χ1n) is 6.46. The van der Waals surface area contributed by atoms with E-state index in [1.807, 2.05) is 0 Å². The fourth-order valence-corrected chi connectivity index (χ4v) is 1.76. The second-order valence-electron chi connectivity index (χ2n) is 4.97. The predicted molar refractivity (Wildman–Crippen MR) is 74.6 cm³/mol. The number of allylic oxidation sites excluding steroid dienone is 2. The summed E-state index contributed by atoms with van der Waals surface area (Å²) in [4.78, 5) is 0. The normalized spacial score (nSPS) is 12.0. The van der Waals surface area contributed by atoms with Crippen LogP contribution in [0.15, 0.2) is 36.4 Å². The molecule has 0 saturated carbocycles. The maximum absolute atomic E-state index is 6.01. The monoisotopic (exact) mass is 232 g/mol. The van der Waals surface area contributed by atoms with Gasteiger partial charge >= 0.3 is 0 Å². The van der Waals surface area contributed by atoms with E-state index in [0.717, 1.165) is 25.0 Å². The van der Waals surface area contributed by atoms with Gasteiger partial charge < -0.3 is 4.74 Å². The van der Waals surface area contributed by atoms with Gasteiger partial charge in [0.2, 0.25) is 0 Å². The summed E-state index contributed by atoms with van der Waals surface area (Å²) in [6.07, 6.45) is 7.45. The number of rotatable bonds is 6. The molecule has 0 bridgehead atoms. The molecule has 0 aliphatic carbocycles. The number of hydrogen-bond donors (Lipinski definition) is 0. The molecule has 0 spiro atoms. The van der Waals surface area contributed by atoms with Crippen molar-refractivity contribution < 1.29 is 4.74 Å². The summed E-state index contributed by atoms with van der Waals surface area (Å²) in [7, 11) is 0. The third-order valence-corrected chi connectivity index (χ3v) is 2.87. The zero-order chi connectivity index (χ0) is 12.7. The summed E-state index contributed by atoms with van der Waals surface area (Å²) < 4.78 is 6.01. The van der Waals surface area contributed by atoms with E-state index in [1.165, 1.54) is 5.56 Å². The predicted octanol–water partition coefficient (Wildman–Crippen LogP) is 4.76. The van der Waals surface area contributed by atoms with Gasteiger partial charge in [0.1, 0.15) is 11.4 Å². The Morgan fingerprint density at radius 2 is 1.82 bits per heavy atom. The van der Waals surface area contributed by atoms with E-state index >= 15 is 0 Å². The second kappa shape index (κ2) is 6.48. The highest BCUT2D eigenvalue weighted by atomic mass is 16.5. The Morgan fingerprint density at radius 1 is 1.18 bits per heavy atom. The maximum atomic E-state index is 6.01. The van der Waals surface area contributed by atoms with Crippen molar-refractivity contribution in [1.29, 1.82) is 0 Å². The third kappa shape index (κ3) is 5.08. The highest BCUT2D eigenvalue weighted by molar-refractivity contribution is 5.27. The van der Waals surface area contributed by atoms with E-state index in [1.54, 1.807) is 0 Å². The maximum Gasteiger partial charge on any atom is 0.120 e. The fourth-order valence-electron chi connectivity index (χ4n) is 1.76. The van der Waals surface area contributed by atoms with Crippen molar-refractivity contribution in [3.63, 3.8) is 0 Å². The van der Waals surface area contributed by atoms with Gasteiger partial charge in [0, 0.05) is 0 Å². The minimum atomic E-state index is -0.104. The van der Waals surface area contributed by atoms with Crippen LogP contribution in [0.1, 0.15) is 46.1 Å². The molecule has 0 radical (unpaired) electrons. The number of aryl methyl sites for hydroxylation is 1. The molecular weight excluding hydrogens is 208 g/mol. The van der Waals surface area contributed by atoms with E-state index in [2.05, 4.69) is 64.1 Å². The molecule has 1 aromatic carbocycles. The topological polar surface area (TPSA) is 9.23 Å². The summed E-state index contributed by atoms with van der Waals surface area (Å²) >= 11 is 0. The van der Waals surface area contributed by atoms with Crippen LogP contribution in [0.3, 0.4) is 0 Å². The molecule has 0 N–H and O–H groups in total. The summed E-state index contributed by atoms with van der Waals surface area (Å²) in [5.41, 5.74) is 1.25. The van der Waals surface area contributed by atoms with Gasteiger partial charge in [0.05, 0.1) is 0 Å². The molecule has 0 unspecified atom stereocenters. The molecule has 0 amide bonds. The van der Waals surface area contributed by atoms with Gasteiger partial charge in [-0.2, -0.15) is 0 Å². The van der Waals surface area contributed by atoms with E-state index in [-0.39, 0.29) is 5.60 Å². The van der Waals surface area contributed by atoms with Crippen molar-refractivity contribution >= 4 is 0 Å². The number of benzene rings is 1. The molecule has 0 aliphatic heterocycles. The first kappa shape index (κ1) is 13.8. The van der Waals surface area contributed by atoms with Crippen LogP contribution in [0, 0.1) is 0 Å². The molecule has 0 aromatic heterocycles. The molecule has 0 atom stereocenters. The zero-order valence-electron chi connectivity index (χ0n) is 11.5. The van der Waals surface area contributed by atoms with Gasteiger partial charge in [-0.05, 0) is 57.7 Å². The third-order valence-electron chi connectivity index (χ3n) is 2.87. The smallest absolute Gasteiger partial charge is 0.120 e. The summed E-state index contributed by atoms with van der Waals surface area (Å²) in [5, 5.41) is 0.